The van der Waals surface area contributed by atoms with Gasteiger partial charge >= 0.3 is 0 Å². The molecule has 0 spiro atoms. The smallest absolute Gasteiger partial charge is 0.230 e. The lowest BCUT2D eigenvalue weighted by Crippen LogP contribution is -2.32. The van der Waals surface area contributed by atoms with Gasteiger partial charge in [-0.25, -0.2) is 0 Å². The van der Waals surface area contributed by atoms with E-state index in [-0.39, 0.29) is 18.2 Å². The third kappa shape index (κ3) is 4.33. The standard InChI is InChI=1S/C25H26N4O4/c1-32-21-11-3-2-6-18(21)14-26-24(31)19-13-22(30)29(15-19)20-10-5-9-17(12-20)23-27-25(33-28-23)16-7-4-8-16/h2-3,5-6,9-12,16,19H,4,7-8,13-15H2,1H3,(H,26,31). The molecule has 1 saturated carbocycles. The molecular weight excluding hydrogens is 420 g/mol. The van der Waals surface area contributed by atoms with E-state index >= 15 is 0 Å². The number of hydrogen-bond donors (Lipinski definition) is 1. The van der Waals surface area contributed by atoms with Gasteiger partial charge in [-0.1, -0.05) is 41.9 Å². The SMILES string of the molecule is COc1ccccc1CNC(=O)C1CC(=O)N(c2cccc(-c3noc(C4CCC4)n3)c2)C1. The van der Waals surface area contributed by atoms with Crippen LogP contribution in [0.1, 0.15) is 43.1 Å². The lowest BCUT2D eigenvalue weighted by molar-refractivity contribution is -0.126. The van der Waals surface area contributed by atoms with Crippen molar-refractivity contribution < 1.29 is 18.8 Å². The maximum atomic E-state index is 12.8. The van der Waals surface area contributed by atoms with Gasteiger partial charge in [-0.3, -0.25) is 9.59 Å². The fourth-order valence-electron chi connectivity index (χ4n) is 4.29. The summed E-state index contributed by atoms with van der Waals surface area (Å²) in [6, 6.07) is 15.1. The van der Waals surface area contributed by atoms with Crippen LogP contribution in [0.5, 0.6) is 5.75 Å². The molecule has 1 N–H and O–H groups in total. The van der Waals surface area contributed by atoms with Gasteiger partial charge in [-0.2, -0.15) is 4.98 Å². The van der Waals surface area contributed by atoms with Crippen molar-refractivity contribution in [1.29, 1.82) is 0 Å². The van der Waals surface area contributed by atoms with Gasteiger partial charge in [0.25, 0.3) is 0 Å². The van der Waals surface area contributed by atoms with Gasteiger partial charge in [0, 0.05) is 42.2 Å². The summed E-state index contributed by atoms with van der Waals surface area (Å²) in [6.07, 6.45) is 3.55. The van der Waals surface area contributed by atoms with E-state index in [2.05, 4.69) is 15.5 Å². The number of carbonyl (C=O) groups is 2. The van der Waals surface area contributed by atoms with E-state index < -0.39 is 5.92 Å². The van der Waals surface area contributed by atoms with Gasteiger partial charge in [0.05, 0.1) is 13.0 Å². The Morgan fingerprint density at radius 2 is 2.06 bits per heavy atom. The Kier molecular flexibility index (Phi) is 5.81. The van der Waals surface area contributed by atoms with Crippen molar-refractivity contribution in [2.24, 2.45) is 5.92 Å². The first-order valence-corrected chi connectivity index (χ1v) is 11.3. The quantitative estimate of drug-likeness (QED) is 0.595. The van der Waals surface area contributed by atoms with Crippen LogP contribution < -0.4 is 15.0 Å². The summed E-state index contributed by atoms with van der Waals surface area (Å²) in [4.78, 5) is 31.7. The van der Waals surface area contributed by atoms with Crippen molar-refractivity contribution in [3.8, 4) is 17.1 Å². The summed E-state index contributed by atoms with van der Waals surface area (Å²) in [7, 11) is 1.60. The summed E-state index contributed by atoms with van der Waals surface area (Å²) >= 11 is 0. The topological polar surface area (TPSA) is 97.6 Å². The number of aromatic nitrogens is 2. The second-order valence-corrected chi connectivity index (χ2v) is 8.57. The van der Waals surface area contributed by atoms with Crippen LogP contribution in [0, 0.1) is 5.92 Å². The zero-order valence-corrected chi connectivity index (χ0v) is 18.5. The average Bonchev–Trinajstić information content (AvgIpc) is 3.44. The minimum absolute atomic E-state index is 0.0761. The molecule has 0 radical (unpaired) electrons. The van der Waals surface area contributed by atoms with Crippen molar-refractivity contribution in [3.63, 3.8) is 0 Å². The molecule has 2 aromatic carbocycles. The molecule has 8 nitrogen and oxygen atoms in total. The lowest BCUT2D eigenvalue weighted by atomic mass is 9.85. The summed E-state index contributed by atoms with van der Waals surface area (Å²) in [5.74, 6) is 1.67. The van der Waals surface area contributed by atoms with Gasteiger partial charge in [0.1, 0.15) is 5.75 Å². The fourth-order valence-corrected chi connectivity index (χ4v) is 4.29. The highest BCUT2D eigenvalue weighted by Crippen LogP contribution is 2.36. The number of hydrogen-bond acceptors (Lipinski definition) is 6. The molecule has 1 aromatic heterocycles. The van der Waals surface area contributed by atoms with Gasteiger partial charge in [-0.05, 0) is 31.0 Å². The minimum atomic E-state index is -0.411. The number of para-hydroxylation sites is 1. The molecule has 5 rings (SSSR count). The zero-order chi connectivity index (χ0) is 22.8. The maximum Gasteiger partial charge on any atom is 0.230 e. The summed E-state index contributed by atoms with van der Waals surface area (Å²) < 4.78 is 10.8. The van der Waals surface area contributed by atoms with E-state index in [4.69, 9.17) is 9.26 Å². The van der Waals surface area contributed by atoms with Crippen molar-refractivity contribution in [3.05, 3.63) is 60.0 Å². The molecule has 8 heteroatoms. The van der Waals surface area contributed by atoms with Crippen molar-refractivity contribution in [1.82, 2.24) is 15.5 Å². The molecule has 3 aromatic rings. The Hall–Kier alpha value is -3.68. The number of amides is 2. The van der Waals surface area contributed by atoms with Crippen LogP contribution in [0.2, 0.25) is 0 Å². The van der Waals surface area contributed by atoms with E-state index in [9.17, 15) is 9.59 Å². The van der Waals surface area contributed by atoms with Gasteiger partial charge in [0.2, 0.25) is 23.5 Å². The third-order valence-corrected chi connectivity index (χ3v) is 6.45. The maximum absolute atomic E-state index is 12.8. The van der Waals surface area contributed by atoms with E-state index in [0.717, 1.165) is 35.4 Å². The number of nitrogens with one attached hydrogen (secondary N) is 1. The van der Waals surface area contributed by atoms with E-state index in [1.807, 2.05) is 48.5 Å². The number of methoxy groups -OCH3 is 1. The highest BCUT2D eigenvalue weighted by molar-refractivity contribution is 6.00. The Balaban J connectivity index is 1.25. The molecule has 1 atom stereocenters. The molecule has 1 saturated heterocycles. The third-order valence-electron chi connectivity index (χ3n) is 6.45. The number of carbonyl (C=O) groups excluding carboxylic acids is 2. The first kappa shape index (κ1) is 21.2. The largest absolute Gasteiger partial charge is 0.496 e. The minimum Gasteiger partial charge on any atom is -0.496 e. The number of anilines is 1. The normalized spacial score (nSPS) is 18.3. The van der Waals surface area contributed by atoms with Crippen LogP contribution in [-0.2, 0) is 16.1 Å². The number of benzene rings is 2. The molecule has 33 heavy (non-hydrogen) atoms. The van der Waals surface area contributed by atoms with Crippen LogP contribution in [0.4, 0.5) is 5.69 Å². The number of nitrogens with zero attached hydrogens (tertiary/aromatic N) is 3. The van der Waals surface area contributed by atoms with E-state index in [1.165, 1.54) is 6.42 Å². The molecular formula is C25H26N4O4. The zero-order valence-electron chi connectivity index (χ0n) is 18.5. The van der Waals surface area contributed by atoms with Gasteiger partial charge in [0.15, 0.2) is 0 Å². The Bertz CT molecular complexity index is 1170. The molecule has 1 unspecified atom stereocenters. The van der Waals surface area contributed by atoms with Crippen LogP contribution in [-0.4, -0.2) is 35.6 Å². The van der Waals surface area contributed by atoms with Gasteiger partial charge in [-0.15, -0.1) is 0 Å². The lowest BCUT2D eigenvalue weighted by Gasteiger charge is -2.20. The van der Waals surface area contributed by atoms with Crippen LogP contribution in [0.15, 0.2) is 53.1 Å². The van der Waals surface area contributed by atoms with Crippen LogP contribution in [0.3, 0.4) is 0 Å². The monoisotopic (exact) mass is 446 g/mol. The second-order valence-electron chi connectivity index (χ2n) is 8.57. The first-order valence-electron chi connectivity index (χ1n) is 11.3. The Morgan fingerprint density at radius 1 is 1.21 bits per heavy atom. The highest BCUT2D eigenvalue weighted by atomic mass is 16.5. The summed E-state index contributed by atoms with van der Waals surface area (Å²) in [5, 5.41) is 7.06. The average molecular weight is 447 g/mol. The molecule has 170 valence electrons. The first-order chi connectivity index (χ1) is 16.1. The summed E-state index contributed by atoms with van der Waals surface area (Å²) in [6.45, 7) is 0.684. The van der Waals surface area contributed by atoms with Crippen LogP contribution in [0.25, 0.3) is 11.4 Å². The second kappa shape index (κ2) is 9.05. The molecule has 2 fully saturated rings. The van der Waals surface area contributed by atoms with Gasteiger partial charge < -0.3 is 19.5 Å². The fraction of sp³-hybridized carbons (Fsp3) is 0.360. The van der Waals surface area contributed by atoms with Crippen LogP contribution >= 0.6 is 0 Å². The Morgan fingerprint density at radius 3 is 2.85 bits per heavy atom. The van der Waals surface area contributed by atoms with Crippen molar-refractivity contribution in [2.75, 3.05) is 18.6 Å². The Labute approximate surface area is 191 Å². The molecule has 2 heterocycles. The molecule has 2 amide bonds. The van der Waals surface area contributed by atoms with Crippen molar-refractivity contribution >= 4 is 17.5 Å². The molecule has 2 aliphatic rings. The highest BCUT2D eigenvalue weighted by Gasteiger charge is 2.35. The van der Waals surface area contributed by atoms with E-state index in [1.54, 1.807) is 12.0 Å². The molecule has 1 aliphatic heterocycles. The predicted octanol–water partition coefficient (Wildman–Crippen LogP) is 3.68. The molecule has 0 bridgehead atoms. The summed E-state index contributed by atoms with van der Waals surface area (Å²) in [5.41, 5.74) is 2.41. The van der Waals surface area contributed by atoms with Crippen molar-refractivity contribution in [2.45, 2.75) is 38.1 Å². The predicted molar refractivity (Wildman–Crippen MR) is 122 cm³/mol. The number of ether oxygens (including phenoxy) is 1. The number of rotatable bonds is 7. The molecule has 1 aliphatic carbocycles. The van der Waals surface area contributed by atoms with E-state index in [0.29, 0.717) is 30.7 Å².